The summed E-state index contributed by atoms with van der Waals surface area (Å²) in [5.74, 6) is -0.0744. The molecule has 2 amide bonds. The summed E-state index contributed by atoms with van der Waals surface area (Å²) in [6.07, 6.45) is 2.56. The van der Waals surface area contributed by atoms with Gasteiger partial charge in [-0.2, -0.15) is 0 Å². The summed E-state index contributed by atoms with van der Waals surface area (Å²) in [7, 11) is 0. The van der Waals surface area contributed by atoms with Crippen molar-refractivity contribution in [3.63, 3.8) is 0 Å². The van der Waals surface area contributed by atoms with E-state index < -0.39 is 0 Å². The first-order chi connectivity index (χ1) is 13.4. The summed E-state index contributed by atoms with van der Waals surface area (Å²) in [6, 6.07) is 12.5. The first-order valence-electron chi connectivity index (χ1n) is 9.20. The summed E-state index contributed by atoms with van der Waals surface area (Å²) in [5.41, 5.74) is 1.54. The summed E-state index contributed by atoms with van der Waals surface area (Å²) < 4.78 is 0. The Hall–Kier alpha value is -1.75. The van der Waals surface area contributed by atoms with Crippen molar-refractivity contribution in [1.29, 1.82) is 0 Å². The van der Waals surface area contributed by atoms with Gasteiger partial charge in [-0.25, -0.2) is 0 Å². The number of likely N-dealkylation sites (tertiary alicyclic amines) is 1. The van der Waals surface area contributed by atoms with Crippen molar-refractivity contribution >= 4 is 46.6 Å². The van der Waals surface area contributed by atoms with Crippen molar-refractivity contribution in [1.82, 2.24) is 10.2 Å². The molecular formula is C21H21Cl3N2O2. The van der Waals surface area contributed by atoms with E-state index in [4.69, 9.17) is 34.8 Å². The van der Waals surface area contributed by atoms with Gasteiger partial charge in [-0.05, 0) is 55.2 Å². The zero-order chi connectivity index (χ0) is 20.1. The van der Waals surface area contributed by atoms with E-state index in [-0.39, 0.29) is 17.9 Å². The van der Waals surface area contributed by atoms with Gasteiger partial charge in [0.05, 0.1) is 10.6 Å². The minimum atomic E-state index is -0.103. The summed E-state index contributed by atoms with van der Waals surface area (Å²) in [5, 5.41) is 4.62. The third-order valence-corrected chi connectivity index (χ3v) is 5.66. The molecule has 1 heterocycles. The van der Waals surface area contributed by atoms with E-state index >= 15 is 0 Å². The monoisotopic (exact) mass is 438 g/mol. The molecular weight excluding hydrogens is 419 g/mol. The van der Waals surface area contributed by atoms with Crippen molar-refractivity contribution in [3.8, 4) is 0 Å². The van der Waals surface area contributed by atoms with Crippen LogP contribution in [0.2, 0.25) is 15.1 Å². The van der Waals surface area contributed by atoms with Crippen LogP contribution in [0.1, 0.15) is 35.2 Å². The van der Waals surface area contributed by atoms with Gasteiger partial charge in [-0.3, -0.25) is 9.59 Å². The number of halogens is 3. The molecule has 0 aromatic heterocycles. The van der Waals surface area contributed by atoms with Crippen molar-refractivity contribution in [2.24, 2.45) is 0 Å². The predicted octanol–water partition coefficient (Wildman–Crippen LogP) is 5.00. The van der Waals surface area contributed by atoms with Crippen LogP contribution in [-0.4, -0.2) is 35.8 Å². The molecule has 0 aliphatic carbocycles. The molecule has 0 radical (unpaired) electrons. The molecule has 2 aromatic rings. The lowest BCUT2D eigenvalue weighted by Crippen LogP contribution is -2.46. The van der Waals surface area contributed by atoms with Crippen molar-refractivity contribution in [2.45, 2.75) is 31.7 Å². The first kappa shape index (κ1) is 21.0. The predicted molar refractivity (Wildman–Crippen MR) is 113 cm³/mol. The van der Waals surface area contributed by atoms with Gasteiger partial charge in [0.25, 0.3) is 5.91 Å². The number of benzene rings is 2. The maximum absolute atomic E-state index is 12.6. The standard InChI is InChI=1S/C21H21Cl3N2O2/c22-15-4-1-14(2-5-15)3-8-20(27)25-17-9-11-26(12-10-17)21(28)18-7-6-16(23)13-19(18)24/h1-2,4-7,13,17H,3,8-12H2,(H,25,27). The first-order valence-corrected chi connectivity index (χ1v) is 10.3. The Labute approximate surface area is 179 Å². The molecule has 2 aromatic carbocycles. The van der Waals surface area contributed by atoms with Gasteiger partial charge in [0.1, 0.15) is 0 Å². The normalized spacial score (nSPS) is 14.8. The number of hydrogen-bond donors (Lipinski definition) is 1. The number of piperidine rings is 1. The second-order valence-corrected chi connectivity index (χ2v) is 8.16. The highest BCUT2D eigenvalue weighted by atomic mass is 35.5. The van der Waals surface area contributed by atoms with Gasteiger partial charge in [-0.15, -0.1) is 0 Å². The Morgan fingerprint density at radius 1 is 0.964 bits per heavy atom. The van der Waals surface area contributed by atoms with Gasteiger partial charge < -0.3 is 10.2 Å². The van der Waals surface area contributed by atoms with E-state index in [1.165, 1.54) is 0 Å². The maximum Gasteiger partial charge on any atom is 0.255 e. The van der Waals surface area contributed by atoms with Crippen LogP contribution in [0, 0.1) is 0 Å². The van der Waals surface area contributed by atoms with Crippen LogP contribution in [0.3, 0.4) is 0 Å². The van der Waals surface area contributed by atoms with Crippen LogP contribution < -0.4 is 5.32 Å². The molecule has 0 saturated carbocycles. The second kappa shape index (κ2) is 9.64. The minimum Gasteiger partial charge on any atom is -0.353 e. The van der Waals surface area contributed by atoms with Crippen molar-refractivity contribution in [3.05, 3.63) is 68.7 Å². The van der Waals surface area contributed by atoms with Crippen LogP contribution >= 0.6 is 34.8 Å². The maximum atomic E-state index is 12.6. The van der Waals surface area contributed by atoms with Crippen molar-refractivity contribution < 1.29 is 9.59 Å². The fraction of sp³-hybridized carbons (Fsp3) is 0.333. The molecule has 1 N–H and O–H groups in total. The number of nitrogens with one attached hydrogen (secondary N) is 1. The lowest BCUT2D eigenvalue weighted by Gasteiger charge is -2.32. The Bertz CT molecular complexity index is 847. The van der Waals surface area contributed by atoms with E-state index in [9.17, 15) is 9.59 Å². The van der Waals surface area contributed by atoms with Gasteiger partial charge in [0.2, 0.25) is 5.91 Å². The Morgan fingerprint density at radius 3 is 2.25 bits per heavy atom. The number of nitrogens with zero attached hydrogens (tertiary/aromatic N) is 1. The molecule has 1 saturated heterocycles. The van der Waals surface area contributed by atoms with Gasteiger partial charge in [0, 0.05) is 35.6 Å². The van der Waals surface area contributed by atoms with E-state index in [1.807, 2.05) is 24.3 Å². The van der Waals surface area contributed by atoms with Crippen molar-refractivity contribution in [2.75, 3.05) is 13.1 Å². The van der Waals surface area contributed by atoms with Crippen LogP contribution in [0.4, 0.5) is 0 Å². The van der Waals surface area contributed by atoms with Gasteiger partial charge in [-0.1, -0.05) is 46.9 Å². The topological polar surface area (TPSA) is 49.4 Å². The average Bonchev–Trinajstić information content (AvgIpc) is 2.68. The number of amides is 2. The third-order valence-electron chi connectivity index (χ3n) is 4.86. The summed E-state index contributed by atoms with van der Waals surface area (Å²) in [6.45, 7) is 1.17. The largest absolute Gasteiger partial charge is 0.353 e. The third kappa shape index (κ3) is 5.63. The van der Waals surface area contributed by atoms with Gasteiger partial charge in [0.15, 0.2) is 0 Å². The van der Waals surface area contributed by atoms with Crippen LogP contribution in [-0.2, 0) is 11.2 Å². The SMILES string of the molecule is O=C(CCc1ccc(Cl)cc1)NC1CCN(C(=O)c2ccc(Cl)cc2Cl)CC1. The summed E-state index contributed by atoms with van der Waals surface area (Å²) >= 11 is 17.9. The number of carbonyl (C=O) groups is 2. The molecule has 0 unspecified atom stereocenters. The lowest BCUT2D eigenvalue weighted by atomic mass is 10.0. The zero-order valence-electron chi connectivity index (χ0n) is 15.3. The fourth-order valence-corrected chi connectivity index (χ4v) is 3.88. The highest BCUT2D eigenvalue weighted by Crippen LogP contribution is 2.23. The van der Waals surface area contributed by atoms with E-state index in [0.29, 0.717) is 46.6 Å². The number of rotatable bonds is 5. The number of aryl methyl sites for hydroxylation is 1. The van der Waals surface area contributed by atoms with Gasteiger partial charge >= 0.3 is 0 Å². The quantitative estimate of drug-likeness (QED) is 0.712. The number of hydrogen-bond acceptors (Lipinski definition) is 2. The summed E-state index contributed by atoms with van der Waals surface area (Å²) in [4.78, 5) is 26.6. The highest BCUT2D eigenvalue weighted by molar-refractivity contribution is 6.36. The fourth-order valence-electron chi connectivity index (χ4n) is 3.27. The Kier molecular flexibility index (Phi) is 7.22. The van der Waals surface area contributed by atoms with E-state index in [1.54, 1.807) is 23.1 Å². The number of carbonyl (C=O) groups excluding carboxylic acids is 2. The molecule has 1 aliphatic heterocycles. The molecule has 7 heteroatoms. The Balaban J connectivity index is 1.45. The molecule has 4 nitrogen and oxygen atoms in total. The van der Waals surface area contributed by atoms with Crippen LogP contribution in [0.25, 0.3) is 0 Å². The molecule has 1 fully saturated rings. The van der Waals surface area contributed by atoms with E-state index in [2.05, 4.69) is 5.32 Å². The lowest BCUT2D eigenvalue weighted by molar-refractivity contribution is -0.122. The molecule has 1 aliphatic rings. The average molecular weight is 440 g/mol. The molecule has 28 heavy (non-hydrogen) atoms. The molecule has 3 rings (SSSR count). The van der Waals surface area contributed by atoms with Crippen LogP contribution in [0.5, 0.6) is 0 Å². The minimum absolute atomic E-state index is 0.0282. The van der Waals surface area contributed by atoms with E-state index in [0.717, 1.165) is 18.4 Å². The Morgan fingerprint density at radius 2 is 1.61 bits per heavy atom. The van der Waals surface area contributed by atoms with Crippen LogP contribution in [0.15, 0.2) is 42.5 Å². The highest BCUT2D eigenvalue weighted by Gasteiger charge is 2.25. The molecule has 0 bridgehead atoms. The second-order valence-electron chi connectivity index (χ2n) is 6.88. The molecule has 0 atom stereocenters. The zero-order valence-corrected chi connectivity index (χ0v) is 17.5. The molecule has 148 valence electrons. The molecule has 0 spiro atoms. The smallest absolute Gasteiger partial charge is 0.255 e.